The van der Waals surface area contributed by atoms with Crippen LogP contribution in [0.1, 0.15) is 78.6 Å². The second kappa shape index (κ2) is 8.55. The lowest BCUT2D eigenvalue weighted by molar-refractivity contribution is -0.151. The van der Waals surface area contributed by atoms with E-state index in [2.05, 4.69) is 13.8 Å². The van der Waals surface area contributed by atoms with Crippen molar-refractivity contribution in [2.75, 3.05) is 0 Å². The Bertz CT molecular complexity index is 237. The molecule has 2 heteroatoms. The first-order valence-corrected chi connectivity index (χ1v) is 7.84. The van der Waals surface area contributed by atoms with Gasteiger partial charge in [0.2, 0.25) is 0 Å². The monoisotopic (exact) mass is 254 g/mol. The second-order valence-electron chi connectivity index (χ2n) is 5.84. The number of carbonyl (C=O) groups excluding carboxylic acids is 1. The van der Waals surface area contributed by atoms with Gasteiger partial charge < -0.3 is 4.74 Å². The van der Waals surface area contributed by atoms with E-state index >= 15 is 0 Å². The van der Waals surface area contributed by atoms with Crippen molar-refractivity contribution in [2.45, 2.75) is 84.7 Å². The Labute approximate surface area is 112 Å². The van der Waals surface area contributed by atoms with Gasteiger partial charge in [-0.2, -0.15) is 0 Å². The minimum Gasteiger partial charge on any atom is -0.462 e. The molecule has 2 nitrogen and oxygen atoms in total. The third-order valence-corrected chi connectivity index (χ3v) is 4.34. The van der Waals surface area contributed by atoms with Gasteiger partial charge in [0.25, 0.3) is 0 Å². The van der Waals surface area contributed by atoms with Crippen molar-refractivity contribution in [1.82, 2.24) is 0 Å². The van der Waals surface area contributed by atoms with Gasteiger partial charge in [-0.3, -0.25) is 4.79 Å². The first-order chi connectivity index (χ1) is 8.67. The molecule has 0 aromatic carbocycles. The number of unbranched alkanes of at least 4 members (excludes halogenated alkanes) is 1. The fourth-order valence-corrected chi connectivity index (χ4v) is 3.22. The molecule has 0 unspecified atom stereocenters. The summed E-state index contributed by atoms with van der Waals surface area (Å²) in [5, 5.41) is 0. The maximum atomic E-state index is 11.2. The van der Waals surface area contributed by atoms with E-state index < -0.39 is 0 Å². The minimum absolute atomic E-state index is 0.103. The molecule has 18 heavy (non-hydrogen) atoms. The molecule has 1 rings (SSSR count). The van der Waals surface area contributed by atoms with Crippen molar-refractivity contribution in [3.8, 4) is 0 Å². The van der Waals surface area contributed by atoms with Crippen molar-refractivity contribution in [1.29, 1.82) is 0 Å². The molecule has 1 aliphatic carbocycles. The van der Waals surface area contributed by atoms with E-state index in [9.17, 15) is 4.79 Å². The molecule has 0 aliphatic heterocycles. The molecule has 0 spiro atoms. The summed E-state index contributed by atoms with van der Waals surface area (Å²) < 4.78 is 5.51. The maximum Gasteiger partial charge on any atom is 0.302 e. The van der Waals surface area contributed by atoms with Gasteiger partial charge in [-0.05, 0) is 37.5 Å². The molecular weight excluding hydrogens is 224 g/mol. The van der Waals surface area contributed by atoms with Gasteiger partial charge in [-0.15, -0.1) is 0 Å². The van der Waals surface area contributed by atoms with Gasteiger partial charge in [0.1, 0.15) is 6.10 Å². The Kier molecular flexibility index (Phi) is 7.38. The molecule has 0 amide bonds. The Morgan fingerprint density at radius 2 is 2.00 bits per heavy atom. The van der Waals surface area contributed by atoms with Crippen LogP contribution in [0, 0.1) is 11.8 Å². The highest BCUT2D eigenvalue weighted by Crippen LogP contribution is 2.34. The van der Waals surface area contributed by atoms with Crippen LogP contribution in [0.25, 0.3) is 0 Å². The first kappa shape index (κ1) is 15.5. The Balaban J connectivity index is 2.46. The highest BCUT2D eigenvalue weighted by atomic mass is 16.5. The molecule has 1 fully saturated rings. The van der Waals surface area contributed by atoms with Gasteiger partial charge in [0.05, 0.1) is 0 Å². The average Bonchev–Trinajstić information content (AvgIpc) is 2.35. The van der Waals surface area contributed by atoms with E-state index in [1.54, 1.807) is 6.92 Å². The van der Waals surface area contributed by atoms with Crippen molar-refractivity contribution in [3.05, 3.63) is 0 Å². The van der Waals surface area contributed by atoms with Crippen LogP contribution in [0.5, 0.6) is 0 Å². The summed E-state index contributed by atoms with van der Waals surface area (Å²) in [6.07, 6.45) is 11.6. The topological polar surface area (TPSA) is 26.3 Å². The molecule has 0 heterocycles. The highest BCUT2D eigenvalue weighted by molar-refractivity contribution is 5.66. The van der Waals surface area contributed by atoms with Crippen LogP contribution in [0.3, 0.4) is 0 Å². The van der Waals surface area contributed by atoms with Gasteiger partial charge in [-0.25, -0.2) is 0 Å². The zero-order valence-electron chi connectivity index (χ0n) is 12.4. The molecule has 1 saturated carbocycles. The first-order valence-electron chi connectivity index (χ1n) is 7.84. The van der Waals surface area contributed by atoms with Crippen molar-refractivity contribution in [3.63, 3.8) is 0 Å². The minimum atomic E-state index is -0.103. The zero-order chi connectivity index (χ0) is 13.4. The summed E-state index contributed by atoms with van der Waals surface area (Å²) in [5.74, 6) is 1.34. The molecule has 106 valence electrons. The van der Waals surface area contributed by atoms with Crippen molar-refractivity contribution in [2.24, 2.45) is 11.8 Å². The lowest BCUT2D eigenvalue weighted by atomic mass is 9.78. The molecule has 0 aromatic rings. The third-order valence-electron chi connectivity index (χ3n) is 4.34. The molecule has 1 aliphatic rings. The summed E-state index contributed by atoms with van der Waals surface area (Å²) in [5.41, 5.74) is 0. The molecule has 0 saturated heterocycles. The van der Waals surface area contributed by atoms with Crippen LogP contribution in [-0.4, -0.2) is 12.1 Å². The zero-order valence-corrected chi connectivity index (χ0v) is 12.4. The SMILES string of the molecule is CCCC[C@H](CC)C[C@@H]1CCCC[C@H]1OC(C)=O. The van der Waals surface area contributed by atoms with Gasteiger partial charge >= 0.3 is 5.97 Å². The predicted octanol–water partition coefficient (Wildman–Crippen LogP) is 4.71. The van der Waals surface area contributed by atoms with E-state index in [0.717, 1.165) is 12.3 Å². The standard InChI is InChI=1S/C16H30O2/c1-4-6-9-14(5-2)12-15-10-7-8-11-16(15)18-13(3)17/h14-16H,4-12H2,1-3H3/t14-,15-,16+/m0/s1. The van der Waals surface area contributed by atoms with Crippen LogP contribution in [-0.2, 0) is 9.53 Å². The molecule has 0 aromatic heterocycles. The summed E-state index contributed by atoms with van der Waals surface area (Å²) in [7, 11) is 0. The van der Waals surface area contributed by atoms with Crippen LogP contribution < -0.4 is 0 Å². The van der Waals surface area contributed by atoms with E-state index in [0.29, 0.717) is 5.92 Å². The number of ether oxygens (including phenoxy) is 1. The largest absolute Gasteiger partial charge is 0.462 e. The van der Waals surface area contributed by atoms with E-state index in [4.69, 9.17) is 4.74 Å². The fourth-order valence-electron chi connectivity index (χ4n) is 3.22. The smallest absolute Gasteiger partial charge is 0.302 e. The Morgan fingerprint density at radius 1 is 1.28 bits per heavy atom. The summed E-state index contributed by atoms with van der Waals surface area (Å²) in [6.45, 7) is 6.10. The molecule has 3 atom stereocenters. The number of hydrogen-bond donors (Lipinski definition) is 0. The maximum absolute atomic E-state index is 11.2. The predicted molar refractivity (Wildman–Crippen MR) is 75.4 cm³/mol. The second-order valence-corrected chi connectivity index (χ2v) is 5.84. The Morgan fingerprint density at radius 3 is 2.61 bits per heavy atom. The summed E-state index contributed by atoms with van der Waals surface area (Å²) >= 11 is 0. The van der Waals surface area contributed by atoms with Gasteiger partial charge in [0, 0.05) is 6.92 Å². The third kappa shape index (κ3) is 5.41. The lowest BCUT2D eigenvalue weighted by Crippen LogP contribution is -2.30. The van der Waals surface area contributed by atoms with Crippen molar-refractivity contribution >= 4 is 5.97 Å². The molecular formula is C16H30O2. The quantitative estimate of drug-likeness (QED) is 0.615. The van der Waals surface area contributed by atoms with E-state index in [-0.39, 0.29) is 12.1 Å². The number of hydrogen-bond acceptors (Lipinski definition) is 2. The number of esters is 1. The molecule has 0 N–H and O–H groups in total. The fraction of sp³-hybridized carbons (Fsp3) is 0.938. The average molecular weight is 254 g/mol. The number of carbonyl (C=O) groups is 1. The summed E-state index contributed by atoms with van der Waals surface area (Å²) in [4.78, 5) is 11.2. The van der Waals surface area contributed by atoms with Gasteiger partial charge in [-0.1, -0.05) is 46.0 Å². The normalized spacial score (nSPS) is 25.7. The van der Waals surface area contributed by atoms with Crippen LogP contribution in [0.4, 0.5) is 0 Å². The summed E-state index contributed by atoms with van der Waals surface area (Å²) in [6, 6.07) is 0. The van der Waals surface area contributed by atoms with Crippen LogP contribution in [0.2, 0.25) is 0 Å². The molecule has 0 bridgehead atoms. The molecule has 0 radical (unpaired) electrons. The van der Waals surface area contributed by atoms with Gasteiger partial charge in [0.15, 0.2) is 0 Å². The van der Waals surface area contributed by atoms with Crippen LogP contribution >= 0.6 is 0 Å². The number of rotatable bonds is 7. The van der Waals surface area contributed by atoms with E-state index in [1.165, 1.54) is 51.4 Å². The van der Waals surface area contributed by atoms with Crippen molar-refractivity contribution < 1.29 is 9.53 Å². The van der Waals surface area contributed by atoms with E-state index in [1.807, 2.05) is 0 Å². The van der Waals surface area contributed by atoms with Crippen LogP contribution in [0.15, 0.2) is 0 Å². The lowest BCUT2D eigenvalue weighted by Gasteiger charge is -2.33. The Hall–Kier alpha value is -0.530. The highest BCUT2D eigenvalue weighted by Gasteiger charge is 2.29.